The van der Waals surface area contributed by atoms with Crippen LogP contribution in [0, 0.1) is 0 Å². The molecule has 6 nitrogen and oxygen atoms in total. The molecule has 30 heavy (non-hydrogen) atoms. The van der Waals surface area contributed by atoms with Crippen LogP contribution in [0.25, 0.3) is 0 Å². The minimum Gasteiger partial charge on any atom is -0.381 e. The standard InChI is InChI=1S/C23H33ClN4O2/c1-4-17(5-2)21-14-20(30-28-21)15-26-22(25-3)27-16-23(9-11-29-12-10-23)18-7-6-8-19(24)13-18/h6-8,13-14,17H,4-5,9-12,15-16H2,1-3H3,(H2,25,26,27). The van der Waals surface area contributed by atoms with Crippen molar-refractivity contribution in [3.8, 4) is 0 Å². The SMILES string of the molecule is CCC(CC)c1cc(CNC(=NC)NCC2(c3cccc(Cl)c3)CCOCC2)on1. The van der Waals surface area contributed by atoms with Crippen LogP contribution in [-0.4, -0.2) is 37.9 Å². The van der Waals surface area contributed by atoms with Crippen LogP contribution in [0.3, 0.4) is 0 Å². The van der Waals surface area contributed by atoms with Gasteiger partial charge in [-0.3, -0.25) is 4.99 Å². The number of hydrogen-bond acceptors (Lipinski definition) is 4. The maximum atomic E-state index is 6.27. The molecule has 3 rings (SSSR count). The predicted molar refractivity (Wildman–Crippen MR) is 121 cm³/mol. The first-order valence-corrected chi connectivity index (χ1v) is 11.2. The topological polar surface area (TPSA) is 71.7 Å². The zero-order chi connectivity index (χ0) is 21.4. The Morgan fingerprint density at radius 1 is 1.20 bits per heavy atom. The van der Waals surface area contributed by atoms with Crippen LogP contribution >= 0.6 is 11.6 Å². The van der Waals surface area contributed by atoms with E-state index in [4.69, 9.17) is 20.9 Å². The number of nitrogens with zero attached hydrogens (tertiary/aromatic N) is 2. The quantitative estimate of drug-likeness (QED) is 0.469. The Bertz CT molecular complexity index is 826. The summed E-state index contributed by atoms with van der Waals surface area (Å²) in [6, 6.07) is 10.2. The van der Waals surface area contributed by atoms with Gasteiger partial charge < -0.3 is 19.9 Å². The number of guanidine groups is 1. The van der Waals surface area contributed by atoms with Gasteiger partial charge in [-0.25, -0.2) is 0 Å². The Morgan fingerprint density at radius 3 is 2.63 bits per heavy atom. The molecule has 0 unspecified atom stereocenters. The summed E-state index contributed by atoms with van der Waals surface area (Å²) in [7, 11) is 1.78. The average Bonchev–Trinajstić information content (AvgIpc) is 3.24. The number of aromatic nitrogens is 1. The van der Waals surface area contributed by atoms with Gasteiger partial charge in [0, 0.05) is 49.2 Å². The fourth-order valence-corrected chi connectivity index (χ4v) is 4.29. The van der Waals surface area contributed by atoms with Gasteiger partial charge in [-0.15, -0.1) is 0 Å². The molecule has 1 aliphatic heterocycles. The van der Waals surface area contributed by atoms with E-state index in [1.165, 1.54) is 5.56 Å². The van der Waals surface area contributed by atoms with Gasteiger partial charge in [-0.2, -0.15) is 0 Å². The van der Waals surface area contributed by atoms with Gasteiger partial charge in [0.15, 0.2) is 11.7 Å². The fourth-order valence-electron chi connectivity index (χ4n) is 4.10. The van der Waals surface area contributed by atoms with Crippen LogP contribution in [0.5, 0.6) is 0 Å². The van der Waals surface area contributed by atoms with Crippen LogP contribution in [0.4, 0.5) is 0 Å². The lowest BCUT2D eigenvalue weighted by Crippen LogP contribution is -2.47. The second kappa shape index (κ2) is 10.8. The highest BCUT2D eigenvalue weighted by Crippen LogP contribution is 2.35. The second-order valence-corrected chi connectivity index (χ2v) is 8.35. The third-order valence-corrected chi connectivity index (χ3v) is 6.35. The molecule has 7 heteroatoms. The van der Waals surface area contributed by atoms with Gasteiger partial charge in [0.25, 0.3) is 0 Å². The highest BCUT2D eigenvalue weighted by Gasteiger charge is 2.34. The number of aliphatic imine (C=N–C) groups is 1. The van der Waals surface area contributed by atoms with Crippen LogP contribution in [0.1, 0.15) is 62.5 Å². The molecule has 0 radical (unpaired) electrons. The van der Waals surface area contributed by atoms with E-state index in [9.17, 15) is 0 Å². The summed E-state index contributed by atoms with van der Waals surface area (Å²) in [5.41, 5.74) is 2.24. The largest absolute Gasteiger partial charge is 0.381 e. The summed E-state index contributed by atoms with van der Waals surface area (Å²) in [6.07, 6.45) is 4.01. The summed E-state index contributed by atoms with van der Waals surface area (Å²) in [6.45, 7) is 7.15. The maximum Gasteiger partial charge on any atom is 0.191 e. The number of benzene rings is 1. The molecule has 1 aliphatic rings. The van der Waals surface area contributed by atoms with E-state index in [2.05, 4.69) is 46.8 Å². The van der Waals surface area contributed by atoms with E-state index in [0.29, 0.717) is 12.5 Å². The third kappa shape index (κ3) is 5.55. The summed E-state index contributed by atoms with van der Waals surface area (Å²) in [4.78, 5) is 4.38. The third-order valence-electron chi connectivity index (χ3n) is 6.12. The lowest BCUT2D eigenvalue weighted by Gasteiger charge is -2.38. The molecule has 2 N–H and O–H groups in total. The summed E-state index contributed by atoms with van der Waals surface area (Å²) in [5.74, 6) is 2.00. The summed E-state index contributed by atoms with van der Waals surface area (Å²) >= 11 is 6.27. The van der Waals surface area contributed by atoms with Gasteiger partial charge >= 0.3 is 0 Å². The highest BCUT2D eigenvalue weighted by molar-refractivity contribution is 6.30. The number of hydrogen-bond donors (Lipinski definition) is 2. The van der Waals surface area contributed by atoms with Gasteiger partial charge in [0.1, 0.15) is 0 Å². The fraction of sp³-hybridized carbons (Fsp3) is 0.565. The van der Waals surface area contributed by atoms with Crippen molar-refractivity contribution in [3.63, 3.8) is 0 Å². The van der Waals surface area contributed by atoms with Gasteiger partial charge in [0.2, 0.25) is 0 Å². The molecular weight excluding hydrogens is 400 g/mol. The normalized spacial score (nSPS) is 16.6. The van der Waals surface area contributed by atoms with Crippen molar-refractivity contribution in [2.45, 2.75) is 57.4 Å². The molecule has 1 fully saturated rings. The molecule has 0 amide bonds. The Morgan fingerprint density at radius 2 is 1.97 bits per heavy atom. The minimum absolute atomic E-state index is 0.0321. The van der Waals surface area contributed by atoms with E-state index in [1.54, 1.807) is 7.05 Å². The number of nitrogens with one attached hydrogen (secondary N) is 2. The van der Waals surface area contributed by atoms with Crippen molar-refractivity contribution in [2.75, 3.05) is 26.8 Å². The molecule has 1 aromatic carbocycles. The minimum atomic E-state index is -0.0321. The lowest BCUT2D eigenvalue weighted by atomic mass is 9.74. The first kappa shape index (κ1) is 22.6. The highest BCUT2D eigenvalue weighted by atomic mass is 35.5. The number of ether oxygens (including phenoxy) is 1. The molecule has 1 saturated heterocycles. The molecule has 0 aliphatic carbocycles. The lowest BCUT2D eigenvalue weighted by molar-refractivity contribution is 0.0514. The molecule has 0 saturated carbocycles. The molecule has 0 spiro atoms. The van der Waals surface area contributed by atoms with Crippen molar-refractivity contribution in [1.29, 1.82) is 0 Å². The van der Waals surface area contributed by atoms with Crippen LogP contribution < -0.4 is 10.6 Å². The molecule has 164 valence electrons. The van der Waals surface area contributed by atoms with Gasteiger partial charge in [0.05, 0.1) is 12.2 Å². The first-order chi connectivity index (χ1) is 14.6. The Balaban J connectivity index is 1.62. The van der Waals surface area contributed by atoms with Gasteiger partial charge in [-0.1, -0.05) is 42.7 Å². The zero-order valence-corrected chi connectivity index (χ0v) is 19.0. The van der Waals surface area contributed by atoms with Crippen LogP contribution in [0.2, 0.25) is 5.02 Å². The summed E-state index contributed by atoms with van der Waals surface area (Å²) in [5, 5.41) is 11.8. The van der Waals surface area contributed by atoms with Crippen LogP contribution in [0.15, 0.2) is 39.8 Å². The molecular formula is C23H33ClN4O2. The molecule has 2 heterocycles. The van der Waals surface area contributed by atoms with Crippen molar-refractivity contribution in [1.82, 2.24) is 15.8 Å². The van der Waals surface area contributed by atoms with E-state index in [1.807, 2.05) is 18.2 Å². The monoisotopic (exact) mass is 432 g/mol. The van der Waals surface area contributed by atoms with Crippen molar-refractivity contribution < 1.29 is 9.26 Å². The zero-order valence-electron chi connectivity index (χ0n) is 18.2. The molecule has 2 aromatic rings. The van der Waals surface area contributed by atoms with Crippen LogP contribution in [-0.2, 0) is 16.7 Å². The predicted octanol–water partition coefficient (Wildman–Crippen LogP) is 4.65. The van der Waals surface area contributed by atoms with Crippen molar-refractivity contribution in [3.05, 3.63) is 52.4 Å². The van der Waals surface area contributed by atoms with E-state index in [0.717, 1.165) is 67.9 Å². The Hall–Kier alpha value is -2.05. The number of halogens is 1. The molecule has 0 atom stereocenters. The average molecular weight is 433 g/mol. The second-order valence-electron chi connectivity index (χ2n) is 7.91. The molecule has 1 aromatic heterocycles. The van der Waals surface area contributed by atoms with Crippen molar-refractivity contribution >= 4 is 17.6 Å². The van der Waals surface area contributed by atoms with E-state index < -0.39 is 0 Å². The summed E-state index contributed by atoms with van der Waals surface area (Å²) < 4.78 is 11.1. The first-order valence-electron chi connectivity index (χ1n) is 10.8. The Kier molecular flexibility index (Phi) is 8.16. The van der Waals surface area contributed by atoms with E-state index in [-0.39, 0.29) is 5.41 Å². The van der Waals surface area contributed by atoms with E-state index >= 15 is 0 Å². The smallest absolute Gasteiger partial charge is 0.191 e. The maximum absolute atomic E-state index is 6.27. The molecule has 0 bridgehead atoms. The van der Waals surface area contributed by atoms with Gasteiger partial charge in [-0.05, 0) is 43.4 Å². The van der Waals surface area contributed by atoms with Crippen molar-refractivity contribution in [2.24, 2.45) is 4.99 Å². The Labute approximate surface area is 184 Å². The number of rotatable bonds is 8.